The van der Waals surface area contributed by atoms with Gasteiger partial charge in [-0.05, 0) is 135 Å². The minimum atomic E-state index is -0.801. The fraction of sp³-hybridized carbons (Fsp3) is 0.653. The number of hydrogen-bond acceptors (Lipinski definition) is 6. The second-order valence-corrected chi connectivity index (χ2v) is 20.9. The topological polar surface area (TPSA) is 78.9 Å². The van der Waals surface area contributed by atoms with E-state index in [1.54, 1.807) is 0 Å². The SMILES string of the molecule is CC/C=C\C/C=C\C/C=C\C/C=C\C/C=C\C/C=C\CCCCCCC(=O)OC(COC(=O)CCCCCCC/C=C\CCCCC)COC(=O)CCCCCCCCCCCCCC/C=C\C/C=C\C/C=C\C/C=C\CC. The smallest absolute Gasteiger partial charge is 0.306 e. The summed E-state index contributed by atoms with van der Waals surface area (Å²) in [7, 11) is 0. The van der Waals surface area contributed by atoms with Crippen molar-refractivity contribution in [3.63, 3.8) is 0 Å². The van der Waals surface area contributed by atoms with Crippen LogP contribution < -0.4 is 0 Å². The lowest BCUT2D eigenvalue weighted by Crippen LogP contribution is -2.30. The van der Waals surface area contributed by atoms with Gasteiger partial charge >= 0.3 is 17.9 Å². The largest absolute Gasteiger partial charge is 0.462 e. The maximum atomic E-state index is 12.9. The molecule has 1 atom stereocenters. The van der Waals surface area contributed by atoms with E-state index in [-0.39, 0.29) is 31.1 Å². The fourth-order valence-electron chi connectivity index (χ4n) is 8.61. The Morgan fingerprint density at radius 2 is 0.500 bits per heavy atom. The highest BCUT2D eigenvalue weighted by Crippen LogP contribution is 2.15. The standard InChI is InChI=1S/C72H118O6/c1-4-7-10-13-16-19-22-25-27-29-31-33-35-36-38-39-41-43-45-47-50-53-56-59-62-65-71(74)77-68-69(67-76-70(73)64-61-58-55-52-49-24-21-18-15-12-9-6-3)78-72(75)66-63-60-57-54-51-48-46-44-42-40-37-34-32-30-28-26-23-20-17-14-11-8-5-2/h7-8,10-11,16-21,25-28,31-34,40,42,46,48,69H,4-6,9,12-15,22-24,29-30,35-39,41,43-45,47,49-68H2,1-3H3/b10-7-,11-8-,19-16-,20-17-,21-18-,27-25-,28-26-,33-31-,34-32-,42-40-,48-46-. The van der Waals surface area contributed by atoms with E-state index < -0.39 is 6.10 Å². The van der Waals surface area contributed by atoms with Gasteiger partial charge in [0.25, 0.3) is 0 Å². The zero-order valence-electron chi connectivity index (χ0n) is 50.6. The van der Waals surface area contributed by atoms with Gasteiger partial charge < -0.3 is 14.2 Å². The molecule has 0 aliphatic carbocycles. The molecule has 0 aliphatic rings. The molecule has 0 aromatic rings. The predicted molar refractivity (Wildman–Crippen MR) is 339 cm³/mol. The first kappa shape index (κ1) is 73.5. The van der Waals surface area contributed by atoms with E-state index in [1.807, 2.05) is 0 Å². The van der Waals surface area contributed by atoms with E-state index in [4.69, 9.17) is 14.2 Å². The monoisotopic (exact) mass is 1080 g/mol. The zero-order chi connectivity index (χ0) is 56.4. The molecule has 442 valence electrons. The third-order valence-corrected chi connectivity index (χ3v) is 13.4. The van der Waals surface area contributed by atoms with Crippen LogP contribution in [0.4, 0.5) is 0 Å². The molecular weight excluding hydrogens is 961 g/mol. The maximum absolute atomic E-state index is 12.9. The van der Waals surface area contributed by atoms with Gasteiger partial charge in [0.1, 0.15) is 13.2 Å². The lowest BCUT2D eigenvalue weighted by molar-refractivity contribution is -0.167. The van der Waals surface area contributed by atoms with Crippen LogP contribution in [-0.4, -0.2) is 37.2 Å². The number of rotatable bonds is 57. The van der Waals surface area contributed by atoms with Crippen LogP contribution in [0.5, 0.6) is 0 Å². The second kappa shape index (κ2) is 65.1. The van der Waals surface area contributed by atoms with Crippen molar-refractivity contribution < 1.29 is 28.6 Å². The van der Waals surface area contributed by atoms with Crippen molar-refractivity contribution in [2.45, 2.75) is 290 Å². The molecule has 0 saturated heterocycles. The summed E-state index contributed by atoms with van der Waals surface area (Å²) in [5.41, 5.74) is 0. The molecule has 0 aliphatic heterocycles. The van der Waals surface area contributed by atoms with Crippen LogP contribution in [0, 0.1) is 0 Å². The third-order valence-electron chi connectivity index (χ3n) is 13.4. The van der Waals surface area contributed by atoms with Crippen LogP contribution in [-0.2, 0) is 28.6 Å². The normalized spacial score (nSPS) is 13.0. The van der Waals surface area contributed by atoms with Crippen LogP contribution in [0.25, 0.3) is 0 Å². The zero-order valence-corrected chi connectivity index (χ0v) is 50.6. The van der Waals surface area contributed by atoms with Crippen molar-refractivity contribution in [2.24, 2.45) is 0 Å². The lowest BCUT2D eigenvalue weighted by Gasteiger charge is -2.18. The van der Waals surface area contributed by atoms with Gasteiger partial charge in [0.15, 0.2) is 6.10 Å². The summed E-state index contributed by atoms with van der Waals surface area (Å²) in [4.78, 5) is 38.3. The molecule has 6 heteroatoms. The predicted octanol–water partition coefficient (Wildman–Crippen LogP) is 22.2. The quantitative estimate of drug-likeness (QED) is 0.0261. The highest BCUT2D eigenvalue weighted by Gasteiger charge is 2.19. The molecule has 0 spiro atoms. The number of hydrogen-bond donors (Lipinski definition) is 0. The maximum Gasteiger partial charge on any atom is 0.306 e. The summed E-state index contributed by atoms with van der Waals surface area (Å²) in [6.45, 7) is 6.37. The van der Waals surface area contributed by atoms with E-state index in [0.717, 1.165) is 148 Å². The van der Waals surface area contributed by atoms with Crippen LogP contribution >= 0.6 is 0 Å². The van der Waals surface area contributed by atoms with Crippen LogP contribution in [0.1, 0.15) is 284 Å². The number of allylic oxidation sites excluding steroid dienone is 22. The van der Waals surface area contributed by atoms with Gasteiger partial charge in [-0.1, -0.05) is 264 Å². The van der Waals surface area contributed by atoms with Gasteiger partial charge in [0, 0.05) is 19.3 Å². The molecule has 6 nitrogen and oxygen atoms in total. The van der Waals surface area contributed by atoms with E-state index in [0.29, 0.717) is 19.3 Å². The Hall–Kier alpha value is -4.45. The molecule has 0 bridgehead atoms. The molecule has 0 rings (SSSR count). The van der Waals surface area contributed by atoms with E-state index in [9.17, 15) is 14.4 Å². The third kappa shape index (κ3) is 62.4. The molecule has 0 fully saturated rings. The van der Waals surface area contributed by atoms with E-state index in [1.165, 1.54) is 96.3 Å². The molecule has 0 amide bonds. The van der Waals surface area contributed by atoms with Gasteiger partial charge in [0.2, 0.25) is 0 Å². The highest BCUT2D eigenvalue weighted by molar-refractivity contribution is 5.71. The van der Waals surface area contributed by atoms with Crippen molar-refractivity contribution in [1.82, 2.24) is 0 Å². The highest BCUT2D eigenvalue weighted by atomic mass is 16.6. The molecular formula is C72H118O6. The minimum Gasteiger partial charge on any atom is -0.462 e. The first-order valence-corrected chi connectivity index (χ1v) is 32.2. The number of ether oxygens (including phenoxy) is 3. The van der Waals surface area contributed by atoms with Crippen molar-refractivity contribution in [3.8, 4) is 0 Å². The number of carbonyl (C=O) groups excluding carboxylic acids is 3. The molecule has 0 heterocycles. The summed E-state index contributed by atoms with van der Waals surface area (Å²) in [5.74, 6) is -0.929. The van der Waals surface area contributed by atoms with Gasteiger partial charge in [-0.3, -0.25) is 14.4 Å². The average Bonchev–Trinajstić information content (AvgIpc) is 3.44. The van der Waals surface area contributed by atoms with E-state index in [2.05, 4.69) is 154 Å². The molecule has 0 saturated carbocycles. The molecule has 1 unspecified atom stereocenters. The average molecular weight is 1080 g/mol. The Labute approximate surface area is 481 Å². The minimum absolute atomic E-state index is 0.0951. The van der Waals surface area contributed by atoms with Crippen LogP contribution in [0.3, 0.4) is 0 Å². The summed E-state index contributed by atoms with van der Waals surface area (Å²) in [6, 6.07) is 0. The summed E-state index contributed by atoms with van der Waals surface area (Å²) >= 11 is 0. The molecule has 0 radical (unpaired) electrons. The summed E-state index contributed by atoms with van der Waals surface area (Å²) < 4.78 is 16.9. The van der Waals surface area contributed by atoms with Gasteiger partial charge in [-0.15, -0.1) is 0 Å². The number of esters is 3. The Kier molecular flexibility index (Phi) is 61.4. The number of unbranched alkanes of at least 4 members (excludes halogenated alkanes) is 24. The van der Waals surface area contributed by atoms with Gasteiger partial charge in [-0.2, -0.15) is 0 Å². The Bertz CT molecular complexity index is 1670. The van der Waals surface area contributed by atoms with E-state index >= 15 is 0 Å². The summed E-state index contributed by atoms with van der Waals surface area (Å²) in [6.07, 6.45) is 91.7. The first-order valence-electron chi connectivity index (χ1n) is 32.2. The summed E-state index contributed by atoms with van der Waals surface area (Å²) in [5, 5.41) is 0. The Morgan fingerprint density at radius 3 is 0.795 bits per heavy atom. The molecule has 0 aromatic carbocycles. The van der Waals surface area contributed by atoms with Crippen LogP contribution in [0.15, 0.2) is 134 Å². The first-order chi connectivity index (χ1) is 38.5. The molecule has 0 N–H and O–H groups in total. The molecule has 0 aromatic heterocycles. The Morgan fingerprint density at radius 1 is 0.269 bits per heavy atom. The number of carbonyl (C=O) groups is 3. The van der Waals surface area contributed by atoms with Crippen molar-refractivity contribution >= 4 is 17.9 Å². The second-order valence-electron chi connectivity index (χ2n) is 20.9. The fourth-order valence-corrected chi connectivity index (χ4v) is 8.61. The van der Waals surface area contributed by atoms with Crippen LogP contribution in [0.2, 0.25) is 0 Å². The molecule has 78 heavy (non-hydrogen) atoms. The van der Waals surface area contributed by atoms with Gasteiger partial charge in [0.05, 0.1) is 0 Å². The Balaban J connectivity index is 4.37. The lowest BCUT2D eigenvalue weighted by atomic mass is 10.0. The van der Waals surface area contributed by atoms with Crippen molar-refractivity contribution in [2.75, 3.05) is 13.2 Å². The van der Waals surface area contributed by atoms with Crippen molar-refractivity contribution in [3.05, 3.63) is 134 Å². The van der Waals surface area contributed by atoms with Gasteiger partial charge in [-0.25, -0.2) is 0 Å². The van der Waals surface area contributed by atoms with Crippen molar-refractivity contribution in [1.29, 1.82) is 0 Å².